The van der Waals surface area contributed by atoms with Gasteiger partial charge >= 0.3 is 0 Å². The van der Waals surface area contributed by atoms with Crippen LogP contribution in [-0.2, 0) is 0 Å². The number of carbonyl (C=O) groups excluding carboxylic acids is 2. The number of hydrogen-bond acceptors (Lipinski definition) is 4. The summed E-state index contributed by atoms with van der Waals surface area (Å²) in [6, 6.07) is 4.67. The number of nitrogens with zero attached hydrogens (tertiary/aromatic N) is 1. The summed E-state index contributed by atoms with van der Waals surface area (Å²) in [6.45, 7) is 0. The van der Waals surface area contributed by atoms with E-state index >= 15 is 0 Å². The van der Waals surface area contributed by atoms with Gasteiger partial charge in [-0.15, -0.1) is 11.3 Å². The number of aromatic nitrogens is 1. The SMILES string of the molecule is NC(=O)c1ccncc1NC(=O)c1ccc(Cl)s1. The Hall–Kier alpha value is -1.92. The molecule has 0 aliphatic carbocycles. The molecule has 0 unspecified atom stereocenters. The van der Waals surface area contributed by atoms with Gasteiger partial charge in [0.25, 0.3) is 11.8 Å². The number of anilines is 1. The highest BCUT2D eigenvalue weighted by molar-refractivity contribution is 7.18. The Morgan fingerprint density at radius 2 is 2.11 bits per heavy atom. The Kier molecular flexibility index (Phi) is 3.59. The second-order valence-corrected chi connectivity index (χ2v) is 5.06. The van der Waals surface area contributed by atoms with Crippen LogP contribution in [0.3, 0.4) is 0 Å². The van der Waals surface area contributed by atoms with Crippen molar-refractivity contribution in [3.63, 3.8) is 0 Å². The van der Waals surface area contributed by atoms with Gasteiger partial charge in [0.1, 0.15) is 0 Å². The number of rotatable bonds is 3. The molecular weight excluding hydrogens is 274 g/mol. The van der Waals surface area contributed by atoms with E-state index in [-0.39, 0.29) is 17.2 Å². The first-order valence-corrected chi connectivity index (χ1v) is 6.08. The molecule has 2 amide bonds. The fraction of sp³-hybridized carbons (Fsp3) is 0. The zero-order valence-corrected chi connectivity index (χ0v) is 10.6. The van der Waals surface area contributed by atoms with Crippen molar-refractivity contribution in [2.75, 3.05) is 5.32 Å². The summed E-state index contributed by atoms with van der Waals surface area (Å²) >= 11 is 6.89. The molecule has 0 radical (unpaired) electrons. The highest BCUT2D eigenvalue weighted by Crippen LogP contribution is 2.23. The number of amides is 2. The first kappa shape index (κ1) is 12.5. The van der Waals surface area contributed by atoms with Crippen molar-refractivity contribution in [3.05, 3.63) is 45.4 Å². The van der Waals surface area contributed by atoms with Crippen LogP contribution < -0.4 is 11.1 Å². The fourth-order valence-electron chi connectivity index (χ4n) is 1.33. The lowest BCUT2D eigenvalue weighted by Gasteiger charge is -2.06. The summed E-state index contributed by atoms with van der Waals surface area (Å²) in [5.74, 6) is -0.987. The van der Waals surface area contributed by atoms with E-state index in [9.17, 15) is 9.59 Å². The number of nitrogens with two attached hydrogens (primary N) is 1. The highest BCUT2D eigenvalue weighted by atomic mass is 35.5. The van der Waals surface area contributed by atoms with Crippen molar-refractivity contribution in [1.29, 1.82) is 0 Å². The molecule has 18 heavy (non-hydrogen) atoms. The molecule has 92 valence electrons. The number of thiophene rings is 1. The quantitative estimate of drug-likeness (QED) is 0.904. The molecule has 2 aromatic heterocycles. The summed E-state index contributed by atoms with van der Waals surface area (Å²) in [4.78, 5) is 27.3. The summed E-state index contributed by atoms with van der Waals surface area (Å²) in [5, 5.41) is 2.57. The highest BCUT2D eigenvalue weighted by Gasteiger charge is 2.13. The number of primary amides is 1. The Morgan fingerprint density at radius 3 is 2.72 bits per heavy atom. The molecule has 0 fully saturated rings. The van der Waals surface area contributed by atoms with Crippen LogP contribution in [-0.4, -0.2) is 16.8 Å². The van der Waals surface area contributed by atoms with Crippen LogP contribution in [0.25, 0.3) is 0 Å². The maximum atomic E-state index is 11.9. The zero-order chi connectivity index (χ0) is 13.1. The zero-order valence-electron chi connectivity index (χ0n) is 9.01. The van der Waals surface area contributed by atoms with Gasteiger partial charge in [0.05, 0.1) is 26.7 Å². The molecular formula is C11H8ClN3O2S. The summed E-state index contributed by atoms with van der Waals surface area (Å²) in [7, 11) is 0. The normalized spacial score (nSPS) is 10.1. The topological polar surface area (TPSA) is 85.1 Å². The lowest BCUT2D eigenvalue weighted by atomic mass is 10.2. The average molecular weight is 282 g/mol. The van der Waals surface area contributed by atoms with Gasteiger partial charge < -0.3 is 11.1 Å². The lowest BCUT2D eigenvalue weighted by molar-refractivity contribution is 0.100. The summed E-state index contributed by atoms with van der Waals surface area (Å²) in [5.41, 5.74) is 5.68. The average Bonchev–Trinajstić information content (AvgIpc) is 2.76. The first-order chi connectivity index (χ1) is 8.58. The third-order valence-corrected chi connectivity index (χ3v) is 3.36. The minimum absolute atomic E-state index is 0.209. The lowest BCUT2D eigenvalue weighted by Crippen LogP contribution is -2.17. The van der Waals surface area contributed by atoms with Gasteiger partial charge in [-0.1, -0.05) is 11.6 Å². The third kappa shape index (κ3) is 2.66. The van der Waals surface area contributed by atoms with Crippen molar-refractivity contribution in [2.45, 2.75) is 0 Å². The van der Waals surface area contributed by atoms with Gasteiger partial charge in [0, 0.05) is 6.20 Å². The Bertz CT molecular complexity index is 612. The molecule has 0 aliphatic rings. The Balaban J connectivity index is 2.24. The first-order valence-electron chi connectivity index (χ1n) is 4.88. The third-order valence-electron chi connectivity index (χ3n) is 2.13. The van der Waals surface area contributed by atoms with E-state index in [4.69, 9.17) is 17.3 Å². The van der Waals surface area contributed by atoms with Gasteiger partial charge in [-0.3, -0.25) is 14.6 Å². The second kappa shape index (κ2) is 5.16. The predicted molar refractivity (Wildman–Crippen MR) is 70.0 cm³/mol. The van der Waals surface area contributed by atoms with Crippen molar-refractivity contribution in [3.8, 4) is 0 Å². The van der Waals surface area contributed by atoms with Crippen molar-refractivity contribution >= 4 is 40.4 Å². The van der Waals surface area contributed by atoms with Gasteiger partial charge in [-0.2, -0.15) is 0 Å². The number of pyridine rings is 1. The number of hydrogen-bond donors (Lipinski definition) is 2. The van der Waals surface area contributed by atoms with Gasteiger partial charge in [-0.05, 0) is 18.2 Å². The molecule has 0 spiro atoms. The van der Waals surface area contributed by atoms with Crippen LogP contribution >= 0.6 is 22.9 Å². The minimum atomic E-state index is -0.628. The van der Waals surface area contributed by atoms with E-state index in [1.54, 1.807) is 12.1 Å². The van der Waals surface area contributed by atoms with Crippen molar-refractivity contribution in [1.82, 2.24) is 4.98 Å². The molecule has 0 bridgehead atoms. The predicted octanol–water partition coefficient (Wildman–Crippen LogP) is 2.15. The van der Waals surface area contributed by atoms with Crippen molar-refractivity contribution < 1.29 is 9.59 Å². The van der Waals surface area contributed by atoms with Crippen LogP contribution in [0.4, 0.5) is 5.69 Å². The van der Waals surface area contributed by atoms with E-state index in [0.717, 1.165) is 11.3 Å². The maximum Gasteiger partial charge on any atom is 0.265 e. The number of halogens is 1. The van der Waals surface area contributed by atoms with Crippen LogP contribution in [0.15, 0.2) is 30.6 Å². The monoisotopic (exact) mass is 281 g/mol. The number of carbonyl (C=O) groups is 2. The molecule has 2 rings (SSSR count). The van der Waals surface area contributed by atoms with E-state index in [1.165, 1.54) is 18.5 Å². The second-order valence-electron chi connectivity index (χ2n) is 3.34. The Morgan fingerprint density at radius 1 is 1.33 bits per heavy atom. The molecule has 0 atom stereocenters. The van der Waals surface area contributed by atoms with E-state index in [2.05, 4.69) is 10.3 Å². The number of nitrogens with one attached hydrogen (secondary N) is 1. The van der Waals surface area contributed by atoms with Crippen molar-refractivity contribution in [2.24, 2.45) is 5.73 Å². The largest absolute Gasteiger partial charge is 0.366 e. The van der Waals surface area contributed by atoms with Gasteiger partial charge in [0.15, 0.2) is 0 Å². The minimum Gasteiger partial charge on any atom is -0.366 e. The smallest absolute Gasteiger partial charge is 0.265 e. The standard InChI is InChI=1S/C11H8ClN3O2S/c12-9-2-1-8(18-9)11(17)15-7-5-14-4-3-6(7)10(13)16/h1-5H,(H2,13,16)(H,15,17). The molecule has 0 aromatic carbocycles. The van der Waals surface area contributed by atoms with Gasteiger partial charge in [0.2, 0.25) is 0 Å². The van der Waals surface area contributed by atoms with Crippen LogP contribution in [0.1, 0.15) is 20.0 Å². The van der Waals surface area contributed by atoms with E-state index in [1.807, 2.05) is 0 Å². The molecule has 2 aromatic rings. The van der Waals surface area contributed by atoms with Crippen LogP contribution in [0.5, 0.6) is 0 Å². The maximum absolute atomic E-state index is 11.9. The summed E-state index contributed by atoms with van der Waals surface area (Å²) < 4.78 is 0.515. The molecule has 0 saturated heterocycles. The Labute approximate surface area is 112 Å². The molecule has 0 aliphatic heterocycles. The van der Waals surface area contributed by atoms with E-state index in [0.29, 0.717) is 9.21 Å². The van der Waals surface area contributed by atoms with Gasteiger partial charge in [-0.25, -0.2) is 0 Å². The molecule has 2 heterocycles. The molecule has 3 N–H and O–H groups in total. The summed E-state index contributed by atoms with van der Waals surface area (Å²) in [6.07, 6.45) is 2.80. The van der Waals surface area contributed by atoms with Crippen LogP contribution in [0.2, 0.25) is 4.34 Å². The fourth-order valence-corrected chi connectivity index (χ4v) is 2.27. The molecule has 5 nitrogen and oxygen atoms in total. The molecule has 0 saturated carbocycles. The van der Waals surface area contributed by atoms with Crippen LogP contribution in [0, 0.1) is 0 Å². The van der Waals surface area contributed by atoms with E-state index < -0.39 is 5.91 Å². The molecule has 7 heteroatoms.